The van der Waals surface area contributed by atoms with E-state index in [1.165, 1.54) is 19.2 Å². The molecule has 0 aromatic heterocycles. The standard InChI is InChI=1S/C28H21Cl2N3O4/c1-37-25-13-7-6-12-24(25)33-28(36)20-9-3-5-11-23(20)32-27(35)19-8-2-4-10-22(19)31-26(34)18-15-14-17(29)16-21(18)30/h2-16H,1H3,(H,31,34)(H,32,35)(H,33,36). The maximum atomic E-state index is 13.2. The number of benzene rings is 4. The first kappa shape index (κ1) is 25.8. The predicted octanol–water partition coefficient (Wildman–Crippen LogP) is 6.76. The third-order valence-corrected chi connectivity index (χ3v) is 5.92. The summed E-state index contributed by atoms with van der Waals surface area (Å²) in [4.78, 5) is 39.1. The number of carbonyl (C=O) groups is 3. The van der Waals surface area contributed by atoms with Crippen LogP contribution in [0.5, 0.6) is 5.75 Å². The van der Waals surface area contributed by atoms with E-state index < -0.39 is 17.7 Å². The summed E-state index contributed by atoms with van der Waals surface area (Å²) in [6, 6.07) is 24.6. The van der Waals surface area contributed by atoms with Crippen LogP contribution >= 0.6 is 23.2 Å². The van der Waals surface area contributed by atoms with E-state index in [2.05, 4.69) is 16.0 Å². The van der Waals surface area contributed by atoms with Crippen molar-refractivity contribution in [3.8, 4) is 5.75 Å². The van der Waals surface area contributed by atoms with E-state index >= 15 is 0 Å². The lowest BCUT2D eigenvalue weighted by molar-refractivity contribution is 0.101. The molecule has 9 heteroatoms. The van der Waals surface area contributed by atoms with Gasteiger partial charge in [0.05, 0.1) is 45.9 Å². The lowest BCUT2D eigenvalue weighted by Gasteiger charge is -2.15. The zero-order chi connectivity index (χ0) is 26.4. The lowest BCUT2D eigenvalue weighted by Crippen LogP contribution is -2.20. The van der Waals surface area contributed by atoms with Gasteiger partial charge >= 0.3 is 0 Å². The highest BCUT2D eigenvalue weighted by Gasteiger charge is 2.19. The van der Waals surface area contributed by atoms with Crippen LogP contribution < -0.4 is 20.7 Å². The molecule has 0 aliphatic rings. The number of rotatable bonds is 7. The molecule has 186 valence electrons. The molecular formula is C28H21Cl2N3O4. The Morgan fingerprint density at radius 3 is 1.59 bits per heavy atom. The van der Waals surface area contributed by atoms with Crippen LogP contribution in [-0.4, -0.2) is 24.8 Å². The van der Waals surface area contributed by atoms with Crippen LogP contribution in [0.3, 0.4) is 0 Å². The van der Waals surface area contributed by atoms with Gasteiger partial charge in [0.25, 0.3) is 17.7 Å². The van der Waals surface area contributed by atoms with Gasteiger partial charge in [-0.1, -0.05) is 59.6 Å². The Hall–Kier alpha value is -4.33. The zero-order valence-electron chi connectivity index (χ0n) is 19.5. The Balaban J connectivity index is 1.55. The molecule has 0 heterocycles. The quantitative estimate of drug-likeness (QED) is 0.244. The average Bonchev–Trinajstić information content (AvgIpc) is 2.89. The molecule has 3 N–H and O–H groups in total. The second-order valence-electron chi connectivity index (χ2n) is 7.78. The molecule has 4 aromatic rings. The molecule has 4 rings (SSSR count). The summed E-state index contributed by atoms with van der Waals surface area (Å²) in [6.45, 7) is 0. The summed E-state index contributed by atoms with van der Waals surface area (Å²) in [7, 11) is 1.51. The largest absolute Gasteiger partial charge is 0.495 e. The second kappa shape index (κ2) is 11.6. The van der Waals surface area contributed by atoms with Gasteiger partial charge in [-0.25, -0.2) is 0 Å². The summed E-state index contributed by atoms with van der Waals surface area (Å²) < 4.78 is 5.29. The number of nitrogens with one attached hydrogen (secondary N) is 3. The van der Waals surface area contributed by atoms with Gasteiger partial charge in [-0.05, 0) is 54.6 Å². The summed E-state index contributed by atoms with van der Waals surface area (Å²) in [6.07, 6.45) is 0. The Bertz CT molecular complexity index is 1490. The van der Waals surface area contributed by atoms with Crippen molar-refractivity contribution in [1.82, 2.24) is 0 Å². The molecule has 0 aliphatic heterocycles. The molecule has 0 fully saturated rings. The third-order valence-electron chi connectivity index (χ3n) is 5.37. The zero-order valence-corrected chi connectivity index (χ0v) is 21.1. The number of anilines is 3. The van der Waals surface area contributed by atoms with Gasteiger partial charge in [-0.2, -0.15) is 0 Å². The van der Waals surface area contributed by atoms with Crippen LogP contribution in [0.15, 0.2) is 91.0 Å². The van der Waals surface area contributed by atoms with Crippen molar-refractivity contribution in [2.75, 3.05) is 23.1 Å². The maximum absolute atomic E-state index is 13.2. The third kappa shape index (κ3) is 6.09. The van der Waals surface area contributed by atoms with Crippen molar-refractivity contribution in [1.29, 1.82) is 0 Å². The van der Waals surface area contributed by atoms with Gasteiger partial charge in [0, 0.05) is 5.02 Å². The Morgan fingerprint density at radius 1 is 0.595 bits per heavy atom. The first-order valence-electron chi connectivity index (χ1n) is 11.1. The van der Waals surface area contributed by atoms with E-state index in [0.29, 0.717) is 22.1 Å². The van der Waals surface area contributed by atoms with Crippen LogP contribution in [0.25, 0.3) is 0 Å². The summed E-state index contributed by atoms with van der Waals surface area (Å²) >= 11 is 12.1. The van der Waals surface area contributed by atoms with E-state index in [4.69, 9.17) is 27.9 Å². The molecule has 0 radical (unpaired) electrons. The molecule has 0 atom stereocenters. The van der Waals surface area contributed by atoms with E-state index in [9.17, 15) is 14.4 Å². The van der Waals surface area contributed by atoms with Crippen LogP contribution in [0.2, 0.25) is 10.0 Å². The normalized spacial score (nSPS) is 10.4. The molecule has 0 spiro atoms. The first-order valence-corrected chi connectivity index (χ1v) is 11.8. The Labute approximate surface area is 223 Å². The average molecular weight is 534 g/mol. The molecule has 0 saturated carbocycles. The Morgan fingerprint density at radius 2 is 1.05 bits per heavy atom. The van der Waals surface area contributed by atoms with Gasteiger partial charge in [0.1, 0.15) is 5.75 Å². The van der Waals surface area contributed by atoms with Crippen LogP contribution in [0.4, 0.5) is 17.1 Å². The molecule has 37 heavy (non-hydrogen) atoms. The number of halogens is 2. The fraction of sp³-hybridized carbons (Fsp3) is 0.0357. The number of methoxy groups -OCH3 is 1. The van der Waals surface area contributed by atoms with Gasteiger partial charge < -0.3 is 20.7 Å². The van der Waals surface area contributed by atoms with Crippen molar-refractivity contribution in [2.45, 2.75) is 0 Å². The second-order valence-corrected chi connectivity index (χ2v) is 8.62. The molecule has 0 bridgehead atoms. The number of hydrogen-bond donors (Lipinski definition) is 3. The summed E-state index contributed by atoms with van der Waals surface area (Å²) in [5.74, 6) is -0.948. The molecular weight excluding hydrogens is 513 g/mol. The molecule has 3 amide bonds. The minimum Gasteiger partial charge on any atom is -0.495 e. The van der Waals surface area contributed by atoms with Crippen LogP contribution in [0.1, 0.15) is 31.1 Å². The van der Waals surface area contributed by atoms with E-state index in [0.717, 1.165) is 0 Å². The SMILES string of the molecule is COc1ccccc1NC(=O)c1ccccc1NC(=O)c1ccccc1NC(=O)c1ccc(Cl)cc1Cl. The van der Waals surface area contributed by atoms with Gasteiger partial charge in [-0.3, -0.25) is 14.4 Å². The highest BCUT2D eigenvalue weighted by molar-refractivity contribution is 6.37. The number of carbonyl (C=O) groups excluding carboxylic acids is 3. The van der Waals surface area contributed by atoms with Crippen molar-refractivity contribution >= 4 is 58.0 Å². The molecule has 0 aliphatic carbocycles. The fourth-order valence-corrected chi connectivity index (χ4v) is 4.07. The number of amides is 3. The van der Waals surface area contributed by atoms with Crippen molar-refractivity contribution < 1.29 is 19.1 Å². The topological polar surface area (TPSA) is 96.5 Å². The smallest absolute Gasteiger partial charge is 0.257 e. The van der Waals surface area contributed by atoms with Gasteiger partial charge in [0.15, 0.2) is 0 Å². The number of para-hydroxylation sites is 4. The minimum atomic E-state index is -0.518. The highest BCUT2D eigenvalue weighted by atomic mass is 35.5. The highest BCUT2D eigenvalue weighted by Crippen LogP contribution is 2.27. The molecule has 0 saturated heterocycles. The first-order chi connectivity index (χ1) is 17.9. The summed E-state index contributed by atoms with van der Waals surface area (Å²) in [5.41, 5.74) is 1.70. The lowest BCUT2D eigenvalue weighted by atomic mass is 10.1. The summed E-state index contributed by atoms with van der Waals surface area (Å²) in [5, 5.41) is 8.87. The number of ether oxygens (including phenoxy) is 1. The molecule has 7 nitrogen and oxygen atoms in total. The van der Waals surface area contributed by atoms with E-state index in [-0.39, 0.29) is 27.4 Å². The Kier molecular flexibility index (Phi) is 8.08. The van der Waals surface area contributed by atoms with E-state index in [1.807, 2.05) is 0 Å². The number of hydrogen-bond acceptors (Lipinski definition) is 4. The van der Waals surface area contributed by atoms with Gasteiger partial charge in [0.2, 0.25) is 0 Å². The van der Waals surface area contributed by atoms with Crippen LogP contribution in [-0.2, 0) is 0 Å². The van der Waals surface area contributed by atoms with Crippen molar-refractivity contribution in [3.05, 3.63) is 118 Å². The van der Waals surface area contributed by atoms with E-state index in [1.54, 1.807) is 78.9 Å². The molecule has 0 unspecified atom stereocenters. The maximum Gasteiger partial charge on any atom is 0.257 e. The van der Waals surface area contributed by atoms with Crippen molar-refractivity contribution in [2.24, 2.45) is 0 Å². The molecule has 4 aromatic carbocycles. The van der Waals surface area contributed by atoms with Crippen LogP contribution in [0, 0.1) is 0 Å². The van der Waals surface area contributed by atoms with Gasteiger partial charge in [-0.15, -0.1) is 0 Å². The monoisotopic (exact) mass is 533 g/mol. The predicted molar refractivity (Wildman–Crippen MR) is 146 cm³/mol. The fourth-order valence-electron chi connectivity index (χ4n) is 3.57. The van der Waals surface area contributed by atoms with Crippen molar-refractivity contribution in [3.63, 3.8) is 0 Å². The minimum absolute atomic E-state index is 0.182.